The highest BCUT2D eigenvalue weighted by Crippen LogP contribution is 2.39. The number of nitrogens with zero attached hydrogens (tertiary/aromatic N) is 1. The summed E-state index contributed by atoms with van der Waals surface area (Å²) in [6.07, 6.45) is 4.16. The summed E-state index contributed by atoms with van der Waals surface area (Å²) in [5, 5.41) is 5.70. The first-order valence-electron chi connectivity index (χ1n) is 5.31. The summed E-state index contributed by atoms with van der Waals surface area (Å²) in [5.74, 6) is 0. The lowest BCUT2D eigenvalue weighted by Gasteiger charge is -2.39. The fraction of sp³-hybridized carbons (Fsp3) is 0.727. The van der Waals surface area contributed by atoms with Crippen LogP contribution >= 0.6 is 11.3 Å². The van der Waals surface area contributed by atoms with E-state index in [0.29, 0.717) is 11.5 Å². The molecular weight excluding hydrogens is 192 g/mol. The molecule has 0 amide bonds. The van der Waals surface area contributed by atoms with Crippen molar-refractivity contribution >= 4 is 11.3 Å². The third-order valence-corrected chi connectivity index (χ3v) is 3.90. The average molecular weight is 210 g/mol. The van der Waals surface area contributed by atoms with Gasteiger partial charge in [0, 0.05) is 18.0 Å². The Morgan fingerprint density at radius 1 is 1.64 bits per heavy atom. The van der Waals surface area contributed by atoms with Crippen molar-refractivity contribution in [2.45, 2.75) is 39.2 Å². The molecule has 3 heteroatoms. The van der Waals surface area contributed by atoms with Gasteiger partial charge in [-0.15, -0.1) is 11.3 Å². The van der Waals surface area contributed by atoms with Gasteiger partial charge in [-0.2, -0.15) is 0 Å². The largest absolute Gasteiger partial charge is 0.308 e. The van der Waals surface area contributed by atoms with Gasteiger partial charge in [-0.1, -0.05) is 13.3 Å². The molecule has 1 aromatic rings. The predicted octanol–water partition coefficient (Wildman–Crippen LogP) is 2.98. The van der Waals surface area contributed by atoms with Gasteiger partial charge in [-0.3, -0.25) is 0 Å². The zero-order valence-electron chi connectivity index (χ0n) is 8.92. The number of nitrogens with one attached hydrogen (secondary N) is 1. The molecule has 1 fully saturated rings. The van der Waals surface area contributed by atoms with Gasteiger partial charge in [0.15, 0.2) is 0 Å². The molecule has 0 saturated heterocycles. The van der Waals surface area contributed by atoms with Crippen molar-refractivity contribution in [1.29, 1.82) is 0 Å². The fourth-order valence-electron chi connectivity index (χ4n) is 1.90. The van der Waals surface area contributed by atoms with Gasteiger partial charge in [0.1, 0.15) is 0 Å². The van der Waals surface area contributed by atoms with Crippen molar-refractivity contribution in [2.75, 3.05) is 6.54 Å². The van der Waals surface area contributed by atoms with Gasteiger partial charge >= 0.3 is 0 Å². The maximum Gasteiger partial charge on any atom is 0.0795 e. The number of aromatic nitrogens is 1. The molecule has 1 N–H and O–H groups in total. The summed E-state index contributed by atoms with van der Waals surface area (Å²) in [4.78, 5) is 4.32. The number of rotatable bonds is 4. The molecule has 1 aliphatic rings. The van der Waals surface area contributed by atoms with Crippen molar-refractivity contribution in [3.05, 3.63) is 16.6 Å². The molecule has 1 atom stereocenters. The van der Waals surface area contributed by atoms with Crippen LogP contribution in [0.3, 0.4) is 0 Å². The molecule has 0 spiro atoms. The Balaban J connectivity index is 1.80. The molecule has 1 unspecified atom stereocenters. The third kappa shape index (κ3) is 2.15. The molecule has 0 radical (unpaired) electrons. The van der Waals surface area contributed by atoms with Crippen LogP contribution in [0.2, 0.25) is 0 Å². The van der Waals surface area contributed by atoms with E-state index in [-0.39, 0.29) is 0 Å². The molecule has 14 heavy (non-hydrogen) atoms. The van der Waals surface area contributed by atoms with Crippen molar-refractivity contribution < 1.29 is 0 Å². The SMILES string of the molecule is CC(NCC1(C)CCC1)c1cscn1. The Labute approximate surface area is 89.8 Å². The topological polar surface area (TPSA) is 24.9 Å². The Hall–Kier alpha value is -0.410. The number of thiazole rings is 1. The van der Waals surface area contributed by atoms with Gasteiger partial charge in [-0.05, 0) is 25.2 Å². The van der Waals surface area contributed by atoms with Gasteiger partial charge in [-0.25, -0.2) is 4.98 Å². The second-order valence-corrected chi connectivity index (χ2v) is 5.40. The zero-order chi connectivity index (χ0) is 10.0. The highest BCUT2D eigenvalue weighted by Gasteiger charge is 2.31. The van der Waals surface area contributed by atoms with Crippen LogP contribution in [0.1, 0.15) is 44.8 Å². The number of hydrogen-bond acceptors (Lipinski definition) is 3. The molecule has 78 valence electrons. The fourth-order valence-corrected chi connectivity index (χ4v) is 2.54. The van der Waals surface area contributed by atoms with E-state index in [2.05, 4.69) is 29.5 Å². The molecule has 2 nitrogen and oxygen atoms in total. The lowest BCUT2D eigenvalue weighted by molar-refractivity contribution is 0.151. The van der Waals surface area contributed by atoms with E-state index in [1.807, 2.05) is 5.51 Å². The van der Waals surface area contributed by atoms with E-state index in [0.717, 1.165) is 6.54 Å². The lowest BCUT2D eigenvalue weighted by atomic mass is 9.70. The highest BCUT2D eigenvalue weighted by atomic mass is 32.1. The first-order valence-corrected chi connectivity index (χ1v) is 6.25. The highest BCUT2D eigenvalue weighted by molar-refractivity contribution is 7.07. The standard InChI is InChI=1S/C11H18N2S/c1-9(10-6-14-8-13-10)12-7-11(2)4-3-5-11/h6,8-9,12H,3-5,7H2,1-2H3. The van der Waals surface area contributed by atoms with Crippen LogP contribution in [0, 0.1) is 5.41 Å². The average Bonchev–Trinajstić information content (AvgIpc) is 2.63. The lowest BCUT2D eigenvalue weighted by Crippen LogP contribution is -2.38. The molecule has 0 bridgehead atoms. The van der Waals surface area contributed by atoms with E-state index in [1.165, 1.54) is 25.0 Å². The molecule has 1 saturated carbocycles. The summed E-state index contributed by atoms with van der Waals surface area (Å²) in [6.45, 7) is 5.69. The van der Waals surface area contributed by atoms with Crippen LogP contribution in [0.25, 0.3) is 0 Å². The van der Waals surface area contributed by atoms with Crippen molar-refractivity contribution in [2.24, 2.45) is 5.41 Å². The zero-order valence-corrected chi connectivity index (χ0v) is 9.73. The quantitative estimate of drug-likeness (QED) is 0.826. The van der Waals surface area contributed by atoms with E-state index >= 15 is 0 Å². The van der Waals surface area contributed by atoms with Crippen molar-refractivity contribution in [3.8, 4) is 0 Å². The minimum atomic E-state index is 0.402. The molecule has 1 aliphatic carbocycles. The molecule has 0 aromatic carbocycles. The smallest absolute Gasteiger partial charge is 0.0795 e. The molecule has 0 aliphatic heterocycles. The van der Waals surface area contributed by atoms with Crippen molar-refractivity contribution in [1.82, 2.24) is 10.3 Å². The minimum Gasteiger partial charge on any atom is -0.308 e. The van der Waals surface area contributed by atoms with Gasteiger partial charge < -0.3 is 5.32 Å². The monoisotopic (exact) mass is 210 g/mol. The summed E-state index contributed by atoms with van der Waals surface area (Å²) < 4.78 is 0. The maximum absolute atomic E-state index is 4.32. The summed E-state index contributed by atoms with van der Waals surface area (Å²) in [6, 6.07) is 0.402. The van der Waals surface area contributed by atoms with Crippen LogP contribution in [0.4, 0.5) is 0 Å². The Morgan fingerprint density at radius 3 is 2.93 bits per heavy atom. The normalized spacial score (nSPS) is 21.6. The van der Waals surface area contributed by atoms with E-state index in [9.17, 15) is 0 Å². The van der Waals surface area contributed by atoms with E-state index in [4.69, 9.17) is 0 Å². The predicted molar refractivity (Wildman–Crippen MR) is 60.5 cm³/mol. The summed E-state index contributed by atoms with van der Waals surface area (Å²) in [7, 11) is 0. The second kappa shape index (κ2) is 3.99. The Morgan fingerprint density at radius 2 is 2.43 bits per heavy atom. The van der Waals surface area contributed by atoms with Crippen LogP contribution in [0.5, 0.6) is 0 Å². The second-order valence-electron chi connectivity index (χ2n) is 4.68. The number of hydrogen-bond donors (Lipinski definition) is 1. The van der Waals surface area contributed by atoms with E-state index < -0.39 is 0 Å². The Kier molecular flexibility index (Phi) is 2.88. The molecule has 2 rings (SSSR count). The minimum absolute atomic E-state index is 0.402. The molecular formula is C11H18N2S. The molecule has 1 heterocycles. The first-order chi connectivity index (χ1) is 6.70. The third-order valence-electron chi connectivity index (χ3n) is 3.29. The van der Waals surface area contributed by atoms with E-state index in [1.54, 1.807) is 11.3 Å². The molecule has 1 aromatic heterocycles. The van der Waals surface area contributed by atoms with Gasteiger partial charge in [0.05, 0.1) is 11.2 Å². The van der Waals surface area contributed by atoms with Crippen LogP contribution < -0.4 is 5.32 Å². The van der Waals surface area contributed by atoms with Crippen LogP contribution in [-0.4, -0.2) is 11.5 Å². The van der Waals surface area contributed by atoms with Crippen LogP contribution in [0.15, 0.2) is 10.9 Å². The summed E-state index contributed by atoms with van der Waals surface area (Å²) >= 11 is 1.67. The van der Waals surface area contributed by atoms with Crippen LogP contribution in [-0.2, 0) is 0 Å². The van der Waals surface area contributed by atoms with Crippen molar-refractivity contribution in [3.63, 3.8) is 0 Å². The Bertz CT molecular complexity index is 277. The maximum atomic E-state index is 4.32. The first kappa shape index (κ1) is 10.1. The van der Waals surface area contributed by atoms with Gasteiger partial charge in [0.25, 0.3) is 0 Å². The van der Waals surface area contributed by atoms with Gasteiger partial charge in [0.2, 0.25) is 0 Å². The summed E-state index contributed by atoms with van der Waals surface area (Å²) in [5.41, 5.74) is 3.64.